The van der Waals surface area contributed by atoms with Crippen molar-refractivity contribution in [2.24, 2.45) is 11.7 Å². The van der Waals surface area contributed by atoms with Crippen molar-refractivity contribution in [1.82, 2.24) is 9.88 Å². The van der Waals surface area contributed by atoms with Crippen molar-refractivity contribution in [3.05, 3.63) is 36.5 Å². The molecule has 1 saturated carbocycles. The number of sulfonamides is 1. The molecule has 1 aliphatic rings. The first kappa shape index (κ1) is 17.9. The fourth-order valence-corrected chi connectivity index (χ4v) is 4.32. The Kier molecular flexibility index (Phi) is 5.15. The Morgan fingerprint density at radius 3 is 2.61 bits per heavy atom. The van der Waals surface area contributed by atoms with Crippen molar-refractivity contribution in [2.45, 2.75) is 30.2 Å². The molecule has 1 aromatic carbocycles. The Hall–Kier alpha value is -1.41. The Bertz CT molecular complexity index is 760. The number of nitrogens with zero attached hydrogens (tertiary/aromatic N) is 1. The first-order valence-corrected chi connectivity index (χ1v) is 8.69. The number of aromatic nitrogens is 1. The molecule has 1 aromatic heterocycles. The van der Waals surface area contributed by atoms with Gasteiger partial charge in [-0.2, -0.15) is 0 Å². The van der Waals surface area contributed by atoms with Gasteiger partial charge in [0.1, 0.15) is 0 Å². The summed E-state index contributed by atoms with van der Waals surface area (Å²) in [6.45, 7) is 2.13. The van der Waals surface area contributed by atoms with Gasteiger partial charge < -0.3 is 10.3 Å². The van der Waals surface area contributed by atoms with Crippen molar-refractivity contribution in [3.8, 4) is 11.3 Å². The normalized spacial score (nSPS) is 17.3. The minimum atomic E-state index is -3.71. The van der Waals surface area contributed by atoms with Crippen molar-refractivity contribution in [3.63, 3.8) is 0 Å². The minimum absolute atomic E-state index is 0. The summed E-state index contributed by atoms with van der Waals surface area (Å²) in [5.41, 5.74) is 5.68. The van der Waals surface area contributed by atoms with Crippen LogP contribution in [0.5, 0.6) is 0 Å². The summed E-state index contributed by atoms with van der Waals surface area (Å²) in [6, 6.07) is 8.35. The van der Waals surface area contributed by atoms with Gasteiger partial charge in [0.05, 0.1) is 11.1 Å². The molecule has 3 N–H and O–H groups in total. The molecule has 0 spiro atoms. The van der Waals surface area contributed by atoms with Gasteiger partial charge >= 0.3 is 0 Å². The number of hydrogen-bond acceptors (Lipinski definition) is 5. The second-order valence-electron chi connectivity index (χ2n) is 5.87. The van der Waals surface area contributed by atoms with Gasteiger partial charge in [-0.15, -0.1) is 12.4 Å². The zero-order valence-electron chi connectivity index (χ0n) is 12.7. The highest BCUT2D eigenvalue weighted by molar-refractivity contribution is 7.89. The summed E-state index contributed by atoms with van der Waals surface area (Å²) in [5.74, 6) is 0.714. The minimum Gasteiger partial charge on any atom is -0.356 e. The van der Waals surface area contributed by atoms with Crippen LogP contribution in [-0.2, 0) is 10.0 Å². The first-order valence-electron chi connectivity index (χ1n) is 7.20. The molecule has 1 atom stereocenters. The topological polar surface area (TPSA) is 98.2 Å². The van der Waals surface area contributed by atoms with Crippen molar-refractivity contribution < 1.29 is 12.9 Å². The predicted octanol–water partition coefficient (Wildman–Crippen LogP) is 2.17. The highest BCUT2D eigenvalue weighted by Crippen LogP contribution is 2.40. The van der Waals surface area contributed by atoms with E-state index < -0.39 is 15.6 Å². The van der Waals surface area contributed by atoms with Gasteiger partial charge in [0.15, 0.2) is 5.76 Å². The van der Waals surface area contributed by atoms with E-state index >= 15 is 0 Å². The van der Waals surface area contributed by atoms with E-state index in [9.17, 15) is 8.42 Å². The molecular weight excluding hydrogens is 338 g/mol. The largest absolute Gasteiger partial charge is 0.356 e. The van der Waals surface area contributed by atoms with Gasteiger partial charge in [-0.1, -0.05) is 17.3 Å². The zero-order chi connectivity index (χ0) is 15.8. The molecule has 23 heavy (non-hydrogen) atoms. The fraction of sp³-hybridized carbons (Fsp3) is 0.400. The third-order valence-electron chi connectivity index (χ3n) is 4.15. The second-order valence-corrected chi connectivity index (χ2v) is 7.53. The van der Waals surface area contributed by atoms with Crippen LogP contribution in [0, 0.1) is 5.92 Å². The number of benzene rings is 1. The third-order valence-corrected chi connectivity index (χ3v) is 5.82. The van der Waals surface area contributed by atoms with Gasteiger partial charge in [-0.3, -0.25) is 0 Å². The summed E-state index contributed by atoms with van der Waals surface area (Å²) in [6.07, 6.45) is 3.49. The number of rotatable bonds is 6. The molecule has 1 unspecified atom stereocenters. The molecule has 0 amide bonds. The van der Waals surface area contributed by atoms with Crippen LogP contribution in [0.1, 0.15) is 19.8 Å². The summed E-state index contributed by atoms with van der Waals surface area (Å²) >= 11 is 0. The summed E-state index contributed by atoms with van der Waals surface area (Å²) < 4.78 is 33.5. The number of nitrogens with two attached hydrogens (primary N) is 1. The lowest BCUT2D eigenvalue weighted by atomic mass is 9.98. The van der Waals surface area contributed by atoms with Gasteiger partial charge in [0.2, 0.25) is 10.0 Å². The maximum atomic E-state index is 12.8. The molecule has 0 bridgehead atoms. The highest BCUT2D eigenvalue weighted by Gasteiger charge is 2.43. The average Bonchev–Trinajstić information content (AvgIpc) is 3.23. The molecule has 0 saturated heterocycles. The first-order chi connectivity index (χ1) is 10.5. The molecule has 1 aliphatic carbocycles. The van der Waals surface area contributed by atoms with Crippen LogP contribution in [0.25, 0.3) is 11.3 Å². The molecule has 6 nitrogen and oxygen atoms in total. The van der Waals surface area contributed by atoms with Gasteiger partial charge in [-0.05, 0) is 37.8 Å². The molecule has 1 heterocycles. The number of halogens is 1. The standard InChI is InChI=1S/C15H19N3O3S.ClH/c1-15(10-16,11-6-7-11)18-22(19,20)14-5-3-2-4-12(14)13-8-9-17-21-13;/h2-5,8-9,11,18H,6-7,10,16H2,1H3;1H. The summed E-state index contributed by atoms with van der Waals surface area (Å²) in [7, 11) is -3.71. The van der Waals surface area contributed by atoms with E-state index in [1.54, 1.807) is 30.3 Å². The Morgan fingerprint density at radius 2 is 2.04 bits per heavy atom. The Labute approximate surface area is 141 Å². The fourth-order valence-electron chi connectivity index (χ4n) is 2.63. The molecule has 1 fully saturated rings. The third kappa shape index (κ3) is 3.58. The van der Waals surface area contributed by atoms with E-state index in [2.05, 4.69) is 9.88 Å². The van der Waals surface area contributed by atoms with Crippen LogP contribution in [-0.4, -0.2) is 25.7 Å². The average molecular weight is 358 g/mol. The highest BCUT2D eigenvalue weighted by atomic mass is 35.5. The molecular formula is C15H20ClN3O3S. The van der Waals surface area contributed by atoms with Crippen molar-refractivity contribution in [1.29, 1.82) is 0 Å². The van der Waals surface area contributed by atoms with Gasteiger partial charge in [-0.25, -0.2) is 13.1 Å². The summed E-state index contributed by atoms with van der Waals surface area (Å²) in [5, 5.41) is 3.64. The zero-order valence-corrected chi connectivity index (χ0v) is 14.4. The van der Waals surface area contributed by atoms with Crippen LogP contribution in [0.2, 0.25) is 0 Å². The summed E-state index contributed by atoms with van der Waals surface area (Å²) in [4.78, 5) is 0.173. The van der Waals surface area contributed by atoms with Crippen LogP contribution < -0.4 is 10.5 Å². The van der Waals surface area contributed by atoms with Crippen LogP contribution >= 0.6 is 12.4 Å². The predicted molar refractivity (Wildman–Crippen MR) is 89.7 cm³/mol. The van der Waals surface area contributed by atoms with Crippen LogP contribution in [0.15, 0.2) is 45.9 Å². The van der Waals surface area contributed by atoms with E-state index in [-0.39, 0.29) is 23.8 Å². The second kappa shape index (κ2) is 6.60. The molecule has 126 valence electrons. The van der Waals surface area contributed by atoms with Gasteiger partial charge in [0.25, 0.3) is 0 Å². The van der Waals surface area contributed by atoms with E-state index in [4.69, 9.17) is 10.3 Å². The number of hydrogen-bond donors (Lipinski definition) is 2. The number of nitrogens with one attached hydrogen (secondary N) is 1. The lowest BCUT2D eigenvalue weighted by Gasteiger charge is -2.29. The lowest BCUT2D eigenvalue weighted by molar-refractivity contribution is 0.374. The SMILES string of the molecule is CC(CN)(NS(=O)(=O)c1ccccc1-c1ccno1)C1CC1.Cl. The Morgan fingerprint density at radius 1 is 1.35 bits per heavy atom. The smallest absolute Gasteiger partial charge is 0.241 e. The molecule has 8 heteroatoms. The van der Waals surface area contributed by atoms with Crippen LogP contribution in [0.4, 0.5) is 0 Å². The monoisotopic (exact) mass is 357 g/mol. The quantitative estimate of drug-likeness (QED) is 0.825. The maximum absolute atomic E-state index is 12.8. The van der Waals surface area contributed by atoms with E-state index in [0.29, 0.717) is 17.2 Å². The van der Waals surface area contributed by atoms with Gasteiger partial charge in [0, 0.05) is 23.7 Å². The van der Waals surface area contributed by atoms with E-state index in [1.165, 1.54) is 6.20 Å². The molecule has 0 aliphatic heterocycles. The molecule has 3 rings (SSSR count). The molecule has 2 aromatic rings. The van der Waals surface area contributed by atoms with E-state index in [0.717, 1.165) is 12.8 Å². The maximum Gasteiger partial charge on any atom is 0.241 e. The lowest BCUT2D eigenvalue weighted by Crippen LogP contribution is -2.53. The van der Waals surface area contributed by atoms with Crippen LogP contribution in [0.3, 0.4) is 0 Å². The van der Waals surface area contributed by atoms with Crippen molar-refractivity contribution in [2.75, 3.05) is 6.54 Å². The van der Waals surface area contributed by atoms with Crippen molar-refractivity contribution >= 4 is 22.4 Å². The Balaban J connectivity index is 0.00000192. The molecule has 0 radical (unpaired) electrons. The van der Waals surface area contributed by atoms with E-state index in [1.807, 2.05) is 6.92 Å².